The highest BCUT2D eigenvalue weighted by atomic mass is 16.7. The van der Waals surface area contributed by atoms with Crippen molar-refractivity contribution in [1.82, 2.24) is 4.90 Å². The van der Waals surface area contributed by atoms with E-state index < -0.39 is 59.9 Å². The second-order valence-electron chi connectivity index (χ2n) is 10.6. The van der Waals surface area contributed by atoms with Gasteiger partial charge < -0.3 is 44.8 Å². The van der Waals surface area contributed by atoms with Crippen LogP contribution in [0, 0.1) is 0 Å². The number of ether oxygens (including phenoxy) is 3. The molecule has 3 heterocycles. The number of carboxylic acids is 1. The van der Waals surface area contributed by atoms with Crippen molar-refractivity contribution in [3.63, 3.8) is 0 Å². The lowest BCUT2D eigenvalue weighted by Crippen LogP contribution is -2.77. The summed E-state index contributed by atoms with van der Waals surface area (Å²) in [5.74, 6) is -1.06. The Labute approximate surface area is 207 Å². The van der Waals surface area contributed by atoms with E-state index in [-0.39, 0.29) is 11.8 Å². The Bertz CT molecular complexity index is 1100. The Morgan fingerprint density at radius 3 is 2.69 bits per heavy atom. The van der Waals surface area contributed by atoms with Crippen molar-refractivity contribution in [3.05, 3.63) is 35.9 Å². The van der Waals surface area contributed by atoms with Gasteiger partial charge in [-0.15, -0.1) is 6.58 Å². The van der Waals surface area contributed by atoms with Crippen LogP contribution in [0.25, 0.3) is 0 Å². The first kappa shape index (κ1) is 24.1. The number of hydrogen-bond donors (Lipinski definition) is 6. The molecule has 3 aliphatic heterocycles. The Morgan fingerprint density at radius 2 is 1.97 bits per heavy atom. The van der Waals surface area contributed by atoms with Gasteiger partial charge in [-0.05, 0) is 43.9 Å². The van der Waals surface area contributed by atoms with Crippen LogP contribution in [-0.4, -0.2) is 109 Å². The van der Waals surface area contributed by atoms with Crippen LogP contribution < -0.4 is 9.47 Å². The molecule has 5 aliphatic rings. The van der Waals surface area contributed by atoms with E-state index in [1.807, 2.05) is 12.1 Å². The van der Waals surface area contributed by atoms with Crippen molar-refractivity contribution in [2.75, 3.05) is 13.1 Å². The molecule has 0 aromatic heterocycles. The second-order valence-corrected chi connectivity index (χ2v) is 10.6. The van der Waals surface area contributed by atoms with Crippen LogP contribution in [0.2, 0.25) is 0 Å². The standard InChI is InChI=1S/C25H31NO10/c1-2-8-26-9-7-24-15-11-3-4-13(34-23-18(30)16(28)17(29)20(36-23)22(31)32)19(15)35-21(24)12(27)5-6-25(24,33)14(26)10-11/h2-4,12,14,16-18,20-21,23,27-30,33H,1,5-10H2,(H,31,32)/t12?,14-,16+,17+,18+,20?,21+,23-,24+,25-/m1/s1. The van der Waals surface area contributed by atoms with E-state index >= 15 is 0 Å². The van der Waals surface area contributed by atoms with Gasteiger partial charge in [0.25, 0.3) is 0 Å². The smallest absolute Gasteiger partial charge is 0.335 e. The van der Waals surface area contributed by atoms with Crippen molar-refractivity contribution in [1.29, 1.82) is 0 Å². The van der Waals surface area contributed by atoms with Crippen LogP contribution in [0.3, 0.4) is 0 Å². The van der Waals surface area contributed by atoms with Gasteiger partial charge in [-0.2, -0.15) is 0 Å². The van der Waals surface area contributed by atoms with Gasteiger partial charge in [0.2, 0.25) is 6.29 Å². The van der Waals surface area contributed by atoms with Gasteiger partial charge in [-0.3, -0.25) is 4.90 Å². The minimum atomic E-state index is -1.84. The monoisotopic (exact) mass is 505 g/mol. The SMILES string of the molecule is C=CCN1CC[C@]23c4c5ccc(O[C@@H]6OC(C(=O)O)[C@@H](O)[C@H](O)[C@@H]6O)c4O[C@H]2C(O)CC[C@@]3(O)[C@H]1C5. The predicted molar refractivity (Wildman–Crippen MR) is 122 cm³/mol. The highest BCUT2D eigenvalue weighted by Crippen LogP contribution is 2.65. The lowest BCUT2D eigenvalue weighted by Gasteiger charge is -2.63. The quantitative estimate of drug-likeness (QED) is 0.262. The molecule has 3 fully saturated rings. The highest BCUT2D eigenvalue weighted by Gasteiger charge is 2.72. The van der Waals surface area contributed by atoms with Crippen molar-refractivity contribution in [3.8, 4) is 11.5 Å². The zero-order chi connectivity index (χ0) is 25.6. The summed E-state index contributed by atoms with van der Waals surface area (Å²) in [7, 11) is 0. The normalized spacial score (nSPS) is 44.9. The number of nitrogens with zero attached hydrogens (tertiary/aromatic N) is 1. The van der Waals surface area contributed by atoms with E-state index in [4.69, 9.17) is 14.2 Å². The summed E-state index contributed by atoms with van der Waals surface area (Å²) in [5.41, 5.74) is -0.284. The minimum absolute atomic E-state index is 0.135. The Hall–Kier alpha value is -2.25. The molecule has 1 spiro atoms. The first-order valence-corrected chi connectivity index (χ1v) is 12.3. The van der Waals surface area contributed by atoms with Gasteiger partial charge in [0.1, 0.15) is 24.4 Å². The van der Waals surface area contributed by atoms with E-state index in [0.717, 1.165) is 11.1 Å². The molecular formula is C25H31NO10. The number of aliphatic carboxylic acids is 1. The van der Waals surface area contributed by atoms with E-state index in [2.05, 4.69) is 11.5 Å². The molecular weight excluding hydrogens is 474 g/mol. The number of hydrogen-bond acceptors (Lipinski definition) is 10. The Balaban J connectivity index is 1.42. The zero-order valence-electron chi connectivity index (χ0n) is 19.6. The van der Waals surface area contributed by atoms with Gasteiger partial charge in [0.15, 0.2) is 17.6 Å². The molecule has 0 radical (unpaired) electrons. The molecule has 11 heteroatoms. The zero-order valence-corrected chi connectivity index (χ0v) is 19.6. The van der Waals surface area contributed by atoms with Crippen LogP contribution in [-0.2, 0) is 21.4 Å². The van der Waals surface area contributed by atoms with Gasteiger partial charge in [0, 0.05) is 18.2 Å². The molecule has 196 valence electrons. The van der Waals surface area contributed by atoms with E-state index in [1.165, 1.54) is 0 Å². The molecule has 2 bridgehead atoms. The van der Waals surface area contributed by atoms with Gasteiger partial charge in [-0.25, -0.2) is 4.79 Å². The maximum absolute atomic E-state index is 12.2. The maximum atomic E-state index is 12.2. The van der Waals surface area contributed by atoms with Crippen molar-refractivity contribution >= 4 is 5.97 Å². The fraction of sp³-hybridized carbons (Fsp3) is 0.640. The van der Waals surface area contributed by atoms with Gasteiger partial charge >= 0.3 is 5.97 Å². The Morgan fingerprint density at radius 1 is 1.19 bits per heavy atom. The number of carboxylic acid groups (broad SMARTS) is 1. The molecule has 0 amide bonds. The van der Waals surface area contributed by atoms with Crippen molar-refractivity contribution in [2.45, 2.75) is 85.7 Å². The number of likely N-dealkylation sites (tertiary alicyclic amines) is 1. The molecule has 11 nitrogen and oxygen atoms in total. The van der Waals surface area contributed by atoms with Crippen LogP contribution in [0.15, 0.2) is 24.8 Å². The van der Waals surface area contributed by atoms with Crippen LogP contribution >= 0.6 is 0 Å². The average Bonchev–Trinajstić information content (AvgIpc) is 3.20. The Kier molecular flexibility index (Phi) is 5.44. The van der Waals surface area contributed by atoms with E-state index in [0.29, 0.717) is 44.5 Å². The molecule has 36 heavy (non-hydrogen) atoms. The fourth-order valence-electron chi connectivity index (χ4n) is 7.35. The molecule has 1 aromatic rings. The van der Waals surface area contributed by atoms with Crippen molar-refractivity contribution in [2.24, 2.45) is 0 Å². The second kappa shape index (κ2) is 8.12. The molecule has 1 aromatic carbocycles. The van der Waals surface area contributed by atoms with E-state index in [1.54, 1.807) is 6.07 Å². The predicted octanol–water partition coefficient (Wildman–Crippen LogP) is -1.34. The molecule has 6 N–H and O–H groups in total. The first-order chi connectivity index (χ1) is 17.1. The lowest BCUT2D eigenvalue weighted by atomic mass is 9.48. The average molecular weight is 506 g/mol. The van der Waals surface area contributed by atoms with Crippen molar-refractivity contribution < 1.29 is 49.6 Å². The summed E-state index contributed by atoms with van der Waals surface area (Å²) < 4.78 is 17.5. The maximum Gasteiger partial charge on any atom is 0.335 e. The summed E-state index contributed by atoms with van der Waals surface area (Å²) >= 11 is 0. The molecule has 2 unspecified atom stereocenters. The molecule has 1 saturated carbocycles. The third kappa shape index (κ3) is 2.96. The summed E-state index contributed by atoms with van der Waals surface area (Å²) in [5, 5.41) is 63.2. The van der Waals surface area contributed by atoms with Gasteiger partial charge in [0.05, 0.1) is 17.1 Å². The van der Waals surface area contributed by atoms with Crippen LogP contribution in [0.4, 0.5) is 0 Å². The topological polar surface area (TPSA) is 169 Å². The summed E-state index contributed by atoms with van der Waals surface area (Å²) in [4.78, 5) is 13.7. The molecule has 2 saturated heterocycles. The van der Waals surface area contributed by atoms with Gasteiger partial charge in [-0.1, -0.05) is 12.1 Å². The number of aliphatic hydroxyl groups is 5. The number of carbonyl (C=O) groups is 1. The van der Waals surface area contributed by atoms with Crippen LogP contribution in [0.1, 0.15) is 30.4 Å². The molecule has 2 aliphatic carbocycles. The third-order valence-corrected chi connectivity index (χ3v) is 8.95. The third-order valence-electron chi connectivity index (χ3n) is 8.95. The largest absolute Gasteiger partial charge is 0.482 e. The molecule has 6 rings (SSSR count). The fourth-order valence-corrected chi connectivity index (χ4v) is 7.35. The molecule has 10 atom stereocenters. The van der Waals surface area contributed by atoms with Crippen LogP contribution in [0.5, 0.6) is 11.5 Å². The number of piperidine rings is 1. The minimum Gasteiger partial charge on any atom is -0.482 e. The number of aliphatic hydroxyl groups excluding tert-OH is 4. The number of rotatable bonds is 5. The highest BCUT2D eigenvalue weighted by molar-refractivity contribution is 5.73. The van der Waals surface area contributed by atoms with E-state index in [9.17, 15) is 35.4 Å². The lowest BCUT2D eigenvalue weighted by molar-refractivity contribution is -0.271. The first-order valence-electron chi connectivity index (χ1n) is 12.3. The summed E-state index contributed by atoms with van der Waals surface area (Å²) in [6.07, 6.45) is -6.57. The summed E-state index contributed by atoms with van der Waals surface area (Å²) in [6.45, 7) is 5.18. The number of benzene rings is 1. The summed E-state index contributed by atoms with van der Waals surface area (Å²) in [6, 6.07) is 3.29.